The van der Waals surface area contributed by atoms with Gasteiger partial charge in [0, 0.05) is 20.0 Å². The number of rotatable bonds is 8. The zero-order valence-corrected chi connectivity index (χ0v) is 19.2. The summed E-state index contributed by atoms with van der Waals surface area (Å²) >= 11 is 7.62. The van der Waals surface area contributed by atoms with Crippen molar-refractivity contribution in [1.29, 1.82) is 0 Å². The molecule has 3 heteroatoms. The minimum atomic E-state index is 0.0947. The van der Waals surface area contributed by atoms with E-state index in [-0.39, 0.29) is 5.41 Å². The lowest BCUT2D eigenvalue weighted by Crippen LogP contribution is -2.15. The third-order valence-electron chi connectivity index (χ3n) is 4.75. The van der Waals surface area contributed by atoms with Gasteiger partial charge in [0.15, 0.2) is 0 Å². The molecule has 0 nitrogen and oxygen atoms in total. The molecule has 0 bridgehead atoms. The molecule has 0 amide bonds. The molecular formula is C21H31BrS2. The molecule has 0 fully saturated rings. The Balaban J connectivity index is 2.29. The van der Waals surface area contributed by atoms with Crippen LogP contribution in [0.3, 0.4) is 0 Å². The number of thiophene rings is 2. The molecule has 0 saturated heterocycles. The Labute approximate surface area is 164 Å². The molecule has 0 aliphatic heterocycles. The highest BCUT2D eigenvalue weighted by molar-refractivity contribution is 9.11. The highest BCUT2D eigenvalue weighted by Gasteiger charge is 2.29. The van der Waals surface area contributed by atoms with Crippen LogP contribution in [-0.4, -0.2) is 0 Å². The van der Waals surface area contributed by atoms with Crippen LogP contribution in [0.1, 0.15) is 92.0 Å². The number of unbranched alkanes of at least 4 members (excludes halogenated alkanes) is 3. The molecule has 134 valence electrons. The Hall–Kier alpha value is -0.120. The zero-order chi connectivity index (χ0) is 17.9. The Morgan fingerprint density at radius 1 is 1.04 bits per heavy atom. The molecule has 0 atom stereocenters. The fraction of sp³-hybridized carbons (Fsp3) is 0.619. The van der Waals surface area contributed by atoms with Crippen LogP contribution in [0.5, 0.6) is 0 Å². The van der Waals surface area contributed by atoms with Crippen molar-refractivity contribution < 1.29 is 0 Å². The van der Waals surface area contributed by atoms with E-state index in [1.165, 1.54) is 51.2 Å². The SMILES string of the molecule is CCCCCCc1cc(C(C)(C)c2cc(C)c(Br)s2)sc1C(C)C. The largest absolute Gasteiger partial charge is 0.144 e. The quantitative estimate of drug-likeness (QED) is 0.371. The average molecular weight is 428 g/mol. The normalized spacial score (nSPS) is 12.3. The monoisotopic (exact) mass is 426 g/mol. The highest BCUT2D eigenvalue weighted by Crippen LogP contribution is 2.44. The summed E-state index contributed by atoms with van der Waals surface area (Å²) in [4.78, 5) is 4.58. The van der Waals surface area contributed by atoms with Gasteiger partial charge in [0.25, 0.3) is 0 Å². The molecule has 2 rings (SSSR count). The number of halogens is 1. The van der Waals surface area contributed by atoms with Gasteiger partial charge >= 0.3 is 0 Å². The minimum absolute atomic E-state index is 0.0947. The molecule has 0 saturated carbocycles. The predicted octanol–water partition coefficient (Wildman–Crippen LogP) is 8.45. The predicted molar refractivity (Wildman–Crippen MR) is 115 cm³/mol. The van der Waals surface area contributed by atoms with Gasteiger partial charge in [-0.3, -0.25) is 0 Å². The Bertz CT molecular complexity index is 642. The minimum Gasteiger partial charge on any atom is -0.144 e. The molecule has 0 aliphatic carbocycles. The van der Waals surface area contributed by atoms with Crippen LogP contribution in [-0.2, 0) is 11.8 Å². The van der Waals surface area contributed by atoms with Gasteiger partial charge < -0.3 is 0 Å². The summed E-state index contributed by atoms with van der Waals surface area (Å²) in [6.07, 6.45) is 6.61. The van der Waals surface area contributed by atoms with Gasteiger partial charge in [-0.15, -0.1) is 22.7 Å². The fourth-order valence-corrected chi connectivity index (χ4v) is 6.11. The maximum absolute atomic E-state index is 3.69. The number of hydrogen-bond acceptors (Lipinski definition) is 2. The van der Waals surface area contributed by atoms with Crippen LogP contribution in [0.15, 0.2) is 15.9 Å². The summed E-state index contributed by atoms with van der Waals surface area (Å²) in [6.45, 7) is 13.9. The van der Waals surface area contributed by atoms with E-state index in [1.54, 1.807) is 10.4 Å². The third kappa shape index (κ3) is 4.53. The van der Waals surface area contributed by atoms with Gasteiger partial charge in [-0.05, 0) is 64.9 Å². The van der Waals surface area contributed by atoms with Gasteiger partial charge in [0.05, 0.1) is 3.79 Å². The molecule has 0 N–H and O–H groups in total. The van der Waals surface area contributed by atoms with E-state index in [9.17, 15) is 0 Å². The van der Waals surface area contributed by atoms with Crippen LogP contribution in [0.25, 0.3) is 0 Å². The summed E-state index contributed by atoms with van der Waals surface area (Å²) < 4.78 is 1.27. The molecular weight excluding hydrogens is 396 g/mol. The lowest BCUT2D eigenvalue weighted by Gasteiger charge is -2.21. The lowest BCUT2D eigenvalue weighted by atomic mass is 9.88. The van der Waals surface area contributed by atoms with Crippen LogP contribution < -0.4 is 0 Å². The van der Waals surface area contributed by atoms with Gasteiger partial charge in [0.1, 0.15) is 0 Å². The molecule has 2 aromatic rings. The molecule has 0 unspecified atom stereocenters. The van der Waals surface area contributed by atoms with E-state index in [0.29, 0.717) is 5.92 Å². The summed E-state index contributed by atoms with van der Waals surface area (Å²) in [7, 11) is 0. The van der Waals surface area contributed by atoms with Crippen LogP contribution >= 0.6 is 38.6 Å². The van der Waals surface area contributed by atoms with Crippen molar-refractivity contribution in [2.75, 3.05) is 0 Å². The maximum atomic E-state index is 3.69. The maximum Gasteiger partial charge on any atom is 0.0730 e. The molecule has 0 aliphatic rings. The molecule has 0 spiro atoms. The first-order valence-corrected chi connectivity index (χ1v) is 11.6. The van der Waals surface area contributed by atoms with Crippen molar-refractivity contribution in [3.05, 3.63) is 41.7 Å². The smallest absolute Gasteiger partial charge is 0.0730 e. The summed E-state index contributed by atoms with van der Waals surface area (Å²) in [5.41, 5.74) is 3.04. The van der Waals surface area contributed by atoms with E-state index >= 15 is 0 Å². The lowest BCUT2D eigenvalue weighted by molar-refractivity contribution is 0.658. The first kappa shape index (κ1) is 20.2. The highest BCUT2D eigenvalue weighted by atomic mass is 79.9. The number of aryl methyl sites for hydroxylation is 2. The first-order chi connectivity index (χ1) is 11.3. The molecule has 24 heavy (non-hydrogen) atoms. The van der Waals surface area contributed by atoms with Gasteiger partial charge in [0.2, 0.25) is 0 Å². The first-order valence-electron chi connectivity index (χ1n) is 9.16. The van der Waals surface area contributed by atoms with Crippen LogP contribution in [0, 0.1) is 6.92 Å². The van der Waals surface area contributed by atoms with Crippen molar-refractivity contribution in [3.8, 4) is 0 Å². The van der Waals surface area contributed by atoms with Crippen molar-refractivity contribution >= 4 is 38.6 Å². The second-order valence-electron chi connectivity index (χ2n) is 7.66. The summed E-state index contributed by atoms with van der Waals surface area (Å²) in [5, 5.41) is 0. The summed E-state index contributed by atoms with van der Waals surface area (Å²) in [5.74, 6) is 0.623. The van der Waals surface area contributed by atoms with E-state index < -0.39 is 0 Å². The van der Waals surface area contributed by atoms with E-state index in [1.807, 2.05) is 22.7 Å². The van der Waals surface area contributed by atoms with Crippen LogP contribution in [0.2, 0.25) is 0 Å². The second-order valence-corrected chi connectivity index (χ2v) is 11.1. The van der Waals surface area contributed by atoms with Crippen molar-refractivity contribution in [2.45, 2.75) is 85.0 Å². The average Bonchev–Trinajstić information content (AvgIpc) is 3.09. The fourth-order valence-electron chi connectivity index (χ4n) is 3.07. The van der Waals surface area contributed by atoms with Crippen LogP contribution in [0.4, 0.5) is 0 Å². The molecule has 0 aromatic carbocycles. The standard InChI is InChI=1S/C21H31BrS2/c1-7-8-9-10-11-16-13-18(23-19(16)14(2)3)21(5,6)17-12-15(4)20(22)24-17/h12-14H,7-11H2,1-6H3. The van der Waals surface area contributed by atoms with E-state index in [0.717, 1.165) is 0 Å². The van der Waals surface area contributed by atoms with Crippen molar-refractivity contribution in [3.63, 3.8) is 0 Å². The topological polar surface area (TPSA) is 0 Å². The van der Waals surface area contributed by atoms with E-state index in [4.69, 9.17) is 0 Å². The van der Waals surface area contributed by atoms with Gasteiger partial charge in [-0.25, -0.2) is 0 Å². The van der Waals surface area contributed by atoms with E-state index in [2.05, 4.69) is 69.6 Å². The van der Waals surface area contributed by atoms with Crippen molar-refractivity contribution in [2.24, 2.45) is 0 Å². The molecule has 2 aromatic heterocycles. The molecule has 0 radical (unpaired) electrons. The summed E-state index contributed by atoms with van der Waals surface area (Å²) in [6, 6.07) is 4.86. The second kappa shape index (κ2) is 8.51. The Morgan fingerprint density at radius 3 is 2.25 bits per heavy atom. The van der Waals surface area contributed by atoms with Gasteiger partial charge in [-0.1, -0.05) is 53.9 Å². The van der Waals surface area contributed by atoms with Crippen molar-refractivity contribution in [1.82, 2.24) is 0 Å². The van der Waals surface area contributed by atoms with Gasteiger partial charge in [-0.2, -0.15) is 0 Å². The molecule has 2 heterocycles. The Morgan fingerprint density at radius 2 is 1.71 bits per heavy atom. The third-order valence-corrected chi connectivity index (χ3v) is 9.02. The Kier molecular flexibility index (Phi) is 7.16. The zero-order valence-electron chi connectivity index (χ0n) is 16.0. The number of hydrogen-bond donors (Lipinski definition) is 0.